The van der Waals surface area contributed by atoms with Crippen molar-refractivity contribution in [3.63, 3.8) is 0 Å². The number of rotatable bonds is 1. The van der Waals surface area contributed by atoms with E-state index in [0.29, 0.717) is 0 Å². The van der Waals surface area contributed by atoms with E-state index < -0.39 is 0 Å². The average Bonchev–Trinajstić information content (AvgIpc) is 2.53. The van der Waals surface area contributed by atoms with E-state index in [1.54, 1.807) is 0 Å². The van der Waals surface area contributed by atoms with E-state index >= 15 is 0 Å². The minimum atomic E-state index is 1.13. The predicted octanol–water partition coefficient (Wildman–Crippen LogP) is 5.33. The molecule has 0 bridgehead atoms. The zero-order valence-electron chi connectivity index (χ0n) is 11.3. The van der Waals surface area contributed by atoms with Crippen molar-refractivity contribution in [2.45, 2.75) is 12.8 Å². The summed E-state index contributed by atoms with van der Waals surface area (Å²) < 4.78 is 0. The third-order valence-corrected chi connectivity index (χ3v) is 4.15. The summed E-state index contributed by atoms with van der Waals surface area (Å²) in [5.41, 5.74) is 5.66. The van der Waals surface area contributed by atoms with Crippen LogP contribution in [-0.2, 0) is 6.42 Å². The molecule has 1 aliphatic rings. The number of hydrogen-bond acceptors (Lipinski definition) is 0. The van der Waals surface area contributed by atoms with Gasteiger partial charge in [0.2, 0.25) is 0 Å². The second kappa shape index (κ2) is 4.64. The number of allylic oxidation sites excluding steroid dienone is 1. The molecule has 0 saturated carbocycles. The molecule has 0 radical (unpaired) electrons. The van der Waals surface area contributed by atoms with Gasteiger partial charge in [-0.3, -0.25) is 0 Å². The highest BCUT2D eigenvalue weighted by Gasteiger charge is 2.12. The smallest absolute Gasteiger partial charge is 0.0178 e. The quantitative estimate of drug-likeness (QED) is 0.552. The Morgan fingerprint density at radius 1 is 0.650 bits per heavy atom. The summed E-state index contributed by atoms with van der Waals surface area (Å²) in [6, 6.07) is 24.0. The lowest BCUT2D eigenvalue weighted by atomic mass is 9.87. The first-order valence-corrected chi connectivity index (χ1v) is 7.18. The Bertz CT molecular complexity index is 795. The molecule has 0 aromatic heterocycles. The molecule has 0 amide bonds. The normalized spacial score (nSPS) is 13.9. The predicted molar refractivity (Wildman–Crippen MR) is 86.6 cm³/mol. The summed E-state index contributed by atoms with van der Waals surface area (Å²) in [6.45, 7) is 0. The van der Waals surface area contributed by atoms with Crippen molar-refractivity contribution in [3.8, 4) is 0 Å². The molecule has 0 nitrogen and oxygen atoms in total. The summed E-state index contributed by atoms with van der Waals surface area (Å²) >= 11 is 0. The Hall–Kier alpha value is -2.34. The Morgan fingerprint density at radius 3 is 2.15 bits per heavy atom. The highest BCUT2D eigenvalue weighted by molar-refractivity contribution is 5.91. The summed E-state index contributed by atoms with van der Waals surface area (Å²) in [6.07, 6.45) is 4.64. The molecule has 0 heteroatoms. The van der Waals surface area contributed by atoms with E-state index in [-0.39, 0.29) is 0 Å². The van der Waals surface area contributed by atoms with Gasteiger partial charge in [-0.2, -0.15) is 0 Å². The molecule has 0 unspecified atom stereocenters. The van der Waals surface area contributed by atoms with Crippen molar-refractivity contribution in [1.82, 2.24) is 0 Å². The second-order valence-electron chi connectivity index (χ2n) is 5.43. The minimum absolute atomic E-state index is 1.13. The fourth-order valence-corrected chi connectivity index (χ4v) is 3.07. The van der Waals surface area contributed by atoms with Crippen LogP contribution in [0.1, 0.15) is 23.1 Å². The van der Waals surface area contributed by atoms with Crippen LogP contribution < -0.4 is 0 Å². The third kappa shape index (κ3) is 1.94. The number of aryl methyl sites for hydroxylation is 1. The van der Waals surface area contributed by atoms with E-state index in [9.17, 15) is 0 Å². The largest absolute Gasteiger partial charge is 0.0622 e. The zero-order chi connectivity index (χ0) is 13.4. The van der Waals surface area contributed by atoms with Crippen molar-refractivity contribution < 1.29 is 0 Å². The van der Waals surface area contributed by atoms with Crippen LogP contribution in [0.4, 0.5) is 0 Å². The monoisotopic (exact) mass is 256 g/mol. The lowest BCUT2D eigenvalue weighted by Gasteiger charge is -2.17. The van der Waals surface area contributed by atoms with Crippen LogP contribution in [0.15, 0.2) is 66.7 Å². The lowest BCUT2D eigenvalue weighted by Crippen LogP contribution is -1.99. The maximum atomic E-state index is 2.36. The van der Waals surface area contributed by atoms with E-state index in [1.165, 1.54) is 33.0 Å². The van der Waals surface area contributed by atoms with Crippen LogP contribution in [0.25, 0.3) is 22.4 Å². The Labute approximate surface area is 119 Å². The van der Waals surface area contributed by atoms with Crippen LogP contribution in [0.3, 0.4) is 0 Å². The van der Waals surface area contributed by atoms with E-state index in [1.807, 2.05) is 0 Å². The number of benzene rings is 3. The number of hydrogen-bond donors (Lipinski definition) is 0. The molecule has 0 N–H and O–H groups in total. The summed E-state index contributed by atoms with van der Waals surface area (Å²) in [5.74, 6) is 0. The molecule has 3 aromatic rings. The van der Waals surface area contributed by atoms with Gasteiger partial charge in [0.05, 0.1) is 0 Å². The van der Waals surface area contributed by atoms with Gasteiger partial charge in [-0.1, -0.05) is 66.7 Å². The maximum absolute atomic E-state index is 2.36. The van der Waals surface area contributed by atoms with Gasteiger partial charge in [0.1, 0.15) is 0 Å². The van der Waals surface area contributed by atoms with Crippen molar-refractivity contribution in [3.05, 3.63) is 83.4 Å². The van der Waals surface area contributed by atoms with Crippen molar-refractivity contribution >= 4 is 22.4 Å². The topological polar surface area (TPSA) is 0 Å². The van der Waals surface area contributed by atoms with Gasteiger partial charge in [0.15, 0.2) is 0 Å². The lowest BCUT2D eigenvalue weighted by molar-refractivity contribution is 1.00. The van der Waals surface area contributed by atoms with Crippen LogP contribution in [0.5, 0.6) is 0 Å². The Morgan fingerprint density at radius 2 is 1.35 bits per heavy atom. The SMILES string of the molecule is C1=C(c2ccccc2)CCc2cc3ccccc3cc21. The van der Waals surface area contributed by atoms with Gasteiger partial charge < -0.3 is 0 Å². The molecule has 4 rings (SSSR count). The van der Waals surface area contributed by atoms with Crippen molar-refractivity contribution in [2.24, 2.45) is 0 Å². The summed E-state index contributed by atoms with van der Waals surface area (Å²) in [7, 11) is 0. The molecule has 0 saturated heterocycles. The standard InChI is InChI=1S/C20H16/c1-2-6-15(7-3-1)18-10-11-19-12-16-8-4-5-9-17(16)13-20(19)14-18/h1-9,12-14H,10-11H2. The van der Waals surface area contributed by atoms with Gasteiger partial charge in [-0.25, -0.2) is 0 Å². The van der Waals surface area contributed by atoms with Gasteiger partial charge >= 0.3 is 0 Å². The molecule has 0 fully saturated rings. The van der Waals surface area contributed by atoms with Gasteiger partial charge in [-0.15, -0.1) is 0 Å². The van der Waals surface area contributed by atoms with Gasteiger partial charge in [0.25, 0.3) is 0 Å². The molecule has 20 heavy (non-hydrogen) atoms. The minimum Gasteiger partial charge on any atom is -0.0622 e. The van der Waals surface area contributed by atoms with Gasteiger partial charge in [-0.05, 0) is 51.9 Å². The molecule has 1 aliphatic carbocycles. The molecule has 3 aromatic carbocycles. The summed E-state index contributed by atoms with van der Waals surface area (Å²) in [5, 5.41) is 2.68. The van der Waals surface area contributed by atoms with E-state index in [4.69, 9.17) is 0 Å². The molecular formula is C20H16. The molecular weight excluding hydrogens is 240 g/mol. The molecule has 0 aliphatic heterocycles. The van der Waals surface area contributed by atoms with Crippen LogP contribution in [-0.4, -0.2) is 0 Å². The van der Waals surface area contributed by atoms with Crippen molar-refractivity contribution in [2.75, 3.05) is 0 Å². The van der Waals surface area contributed by atoms with E-state index in [2.05, 4.69) is 72.8 Å². The second-order valence-corrected chi connectivity index (χ2v) is 5.43. The first-order chi connectivity index (χ1) is 9.90. The highest BCUT2D eigenvalue weighted by Crippen LogP contribution is 2.32. The molecule has 0 heterocycles. The van der Waals surface area contributed by atoms with Crippen LogP contribution >= 0.6 is 0 Å². The third-order valence-electron chi connectivity index (χ3n) is 4.15. The van der Waals surface area contributed by atoms with E-state index in [0.717, 1.165) is 12.8 Å². The molecule has 0 spiro atoms. The van der Waals surface area contributed by atoms with Crippen LogP contribution in [0.2, 0.25) is 0 Å². The Balaban J connectivity index is 1.86. The van der Waals surface area contributed by atoms with Gasteiger partial charge in [0, 0.05) is 0 Å². The Kier molecular flexibility index (Phi) is 2.67. The fourth-order valence-electron chi connectivity index (χ4n) is 3.07. The average molecular weight is 256 g/mol. The number of fused-ring (bicyclic) bond motifs is 2. The zero-order valence-corrected chi connectivity index (χ0v) is 11.3. The van der Waals surface area contributed by atoms with Crippen molar-refractivity contribution in [1.29, 1.82) is 0 Å². The summed E-state index contributed by atoms with van der Waals surface area (Å²) in [4.78, 5) is 0. The first kappa shape index (κ1) is 11.5. The molecule has 0 atom stereocenters. The highest BCUT2D eigenvalue weighted by atomic mass is 14.2. The fraction of sp³-hybridized carbons (Fsp3) is 0.100. The molecule has 96 valence electrons. The van der Waals surface area contributed by atoms with Crippen LogP contribution in [0, 0.1) is 0 Å². The maximum Gasteiger partial charge on any atom is -0.0178 e. The first-order valence-electron chi connectivity index (χ1n) is 7.18.